The second-order valence-corrected chi connectivity index (χ2v) is 5.70. The zero-order valence-corrected chi connectivity index (χ0v) is 12.5. The van der Waals surface area contributed by atoms with Crippen LogP contribution in [0.15, 0.2) is 59.5 Å². The molecule has 0 aliphatic rings. The summed E-state index contributed by atoms with van der Waals surface area (Å²) in [7, 11) is 1.65. The molecular weight excluding hydrogens is 268 g/mol. The Labute approximate surface area is 124 Å². The topological polar surface area (TPSA) is 26.3 Å². The van der Waals surface area contributed by atoms with E-state index in [1.165, 1.54) is 0 Å². The lowest BCUT2D eigenvalue weighted by Crippen LogP contribution is -2.16. The van der Waals surface area contributed by atoms with Crippen molar-refractivity contribution in [3.8, 4) is 5.75 Å². The largest absolute Gasteiger partial charge is 0.497 e. The minimum atomic E-state index is -0.0653. The molecule has 104 valence electrons. The molecule has 0 aromatic heterocycles. The Bertz CT molecular complexity index is 566. The highest BCUT2D eigenvalue weighted by Crippen LogP contribution is 2.30. The van der Waals surface area contributed by atoms with Gasteiger partial charge in [0.2, 0.25) is 0 Å². The summed E-state index contributed by atoms with van der Waals surface area (Å²) in [5.74, 6) is 0.998. The monoisotopic (exact) mass is 286 g/mol. The van der Waals surface area contributed by atoms with E-state index in [4.69, 9.17) is 4.74 Å². The van der Waals surface area contributed by atoms with Crippen molar-refractivity contribution < 1.29 is 9.53 Å². The average molecular weight is 286 g/mol. The van der Waals surface area contributed by atoms with Crippen LogP contribution in [0.1, 0.15) is 23.7 Å². The number of hydrogen-bond donors (Lipinski definition) is 0. The van der Waals surface area contributed by atoms with Crippen molar-refractivity contribution >= 4 is 17.5 Å². The maximum Gasteiger partial charge on any atom is 0.176 e. The number of ether oxygens (including phenoxy) is 1. The third-order valence-corrected chi connectivity index (χ3v) is 4.40. The highest BCUT2D eigenvalue weighted by Gasteiger charge is 2.19. The molecule has 2 aromatic carbocycles. The molecule has 0 N–H and O–H groups in total. The van der Waals surface area contributed by atoms with Crippen molar-refractivity contribution in [3.05, 3.63) is 60.2 Å². The van der Waals surface area contributed by atoms with Gasteiger partial charge in [0, 0.05) is 10.5 Å². The fraction of sp³-hybridized carbons (Fsp3) is 0.235. The van der Waals surface area contributed by atoms with Crippen molar-refractivity contribution in [1.29, 1.82) is 0 Å². The van der Waals surface area contributed by atoms with Gasteiger partial charge in [-0.05, 0) is 24.6 Å². The standard InChI is InChI=1S/C17H18O2S/c1-3-16(17(18)13-8-5-4-6-9-13)20-15-11-7-10-14(12-15)19-2/h4-12,16H,3H2,1-2H3. The lowest BCUT2D eigenvalue weighted by molar-refractivity contribution is 0.0988. The third kappa shape index (κ3) is 3.64. The van der Waals surface area contributed by atoms with Gasteiger partial charge in [-0.1, -0.05) is 43.3 Å². The second kappa shape index (κ2) is 7.15. The predicted molar refractivity (Wildman–Crippen MR) is 83.7 cm³/mol. The molecule has 1 unspecified atom stereocenters. The Morgan fingerprint density at radius 2 is 1.90 bits per heavy atom. The predicted octanol–water partition coefficient (Wildman–Crippen LogP) is 4.45. The Kier molecular flexibility index (Phi) is 5.24. The van der Waals surface area contributed by atoms with Gasteiger partial charge in [0.15, 0.2) is 5.78 Å². The number of hydrogen-bond acceptors (Lipinski definition) is 3. The van der Waals surface area contributed by atoms with E-state index in [-0.39, 0.29) is 11.0 Å². The van der Waals surface area contributed by atoms with Gasteiger partial charge in [0.25, 0.3) is 0 Å². The molecule has 0 aliphatic carbocycles. The first-order valence-electron chi connectivity index (χ1n) is 6.64. The zero-order chi connectivity index (χ0) is 14.4. The molecule has 3 heteroatoms. The van der Waals surface area contributed by atoms with Crippen molar-refractivity contribution in [1.82, 2.24) is 0 Å². The SMILES string of the molecule is CCC(Sc1cccc(OC)c1)C(=O)c1ccccc1. The van der Waals surface area contributed by atoms with Crippen LogP contribution in [0.25, 0.3) is 0 Å². The molecule has 20 heavy (non-hydrogen) atoms. The van der Waals surface area contributed by atoms with Crippen LogP contribution in [0, 0.1) is 0 Å². The molecule has 0 fully saturated rings. The highest BCUT2D eigenvalue weighted by molar-refractivity contribution is 8.00. The van der Waals surface area contributed by atoms with Crippen LogP contribution < -0.4 is 4.74 Å². The van der Waals surface area contributed by atoms with Crippen LogP contribution in [-0.2, 0) is 0 Å². The molecule has 0 aliphatic heterocycles. The van der Waals surface area contributed by atoms with Crippen LogP contribution in [0.3, 0.4) is 0 Å². The minimum Gasteiger partial charge on any atom is -0.497 e. The maximum atomic E-state index is 12.5. The van der Waals surface area contributed by atoms with Gasteiger partial charge in [-0.15, -0.1) is 11.8 Å². The summed E-state index contributed by atoms with van der Waals surface area (Å²) < 4.78 is 5.22. The Hall–Kier alpha value is -1.74. The van der Waals surface area contributed by atoms with Gasteiger partial charge in [-0.25, -0.2) is 0 Å². The van der Waals surface area contributed by atoms with Crippen molar-refractivity contribution in [3.63, 3.8) is 0 Å². The summed E-state index contributed by atoms with van der Waals surface area (Å²) >= 11 is 1.59. The maximum absolute atomic E-state index is 12.5. The van der Waals surface area contributed by atoms with Gasteiger partial charge < -0.3 is 4.74 Å². The van der Waals surface area contributed by atoms with E-state index in [1.807, 2.05) is 61.5 Å². The summed E-state index contributed by atoms with van der Waals surface area (Å²) in [6.45, 7) is 2.04. The first kappa shape index (κ1) is 14.7. The van der Waals surface area contributed by atoms with Gasteiger partial charge in [-0.2, -0.15) is 0 Å². The lowest BCUT2D eigenvalue weighted by atomic mass is 10.1. The van der Waals surface area contributed by atoms with E-state index < -0.39 is 0 Å². The molecule has 0 radical (unpaired) electrons. The van der Waals surface area contributed by atoms with Crippen LogP contribution in [0.2, 0.25) is 0 Å². The molecular formula is C17H18O2S. The number of rotatable bonds is 6. The molecule has 2 rings (SSSR count). The van der Waals surface area contributed by atoms with Crippen molar-refractivity contribution in [2.24, 2.45) is 0 Å². The number of carbonyl (C=O) groups excluding carboxylic acids is 1. The first-order valence-corrected chi connectivity index (χ1v) is 7.52. The summed E-state index contributed by atoms with van der Waals surface area (Å²) in [6.07, 6.45) is 0.801. The van der Waals surface area contributed by atoms with E-state index in [2.05, 4.69) is 0 Å². The number of carbonyl (C=O) groups is 1. The molecule has 2 nitrogen and oxygen atoms in total. The summed E-state index contributed by atoms with van der Waals surface area (Å²) in [5, 5.41) is -0.0653. The van der Waals surface area contributed by atoms with E-state index >= 15 is 0 Å². The highest BCUT2D eigenvalue weighted by atomic mass is 32.2. The van der Waals surface area contributed by atoms with Crippen LogP contribution >= 0.6 is 11.8 Å². The zero-order valence-electron chi connectivity index (χ0n) is 11.7. The molecule has 2 aromatic rings. The molecule has 1 atom stereocenters. The summed E-state index contributed by atoms with van der Waals surface area (Å²) in [4.78, 5) is 13.5. The van der Waals surface area contributed by atoms with Gasteiger partial charge in [0.05, 0.1) is 12.4 Å². The normalized spacial score (nSPS) is 11.9. The summed E-state index contributed by atoms with van der Waals surface area (Å²) in [5.41, 5.74) is 0.773. The van der Waals surface area contributed by atoms with Crippen LogP contribution in [-0.4, -0.2) is 18.1 Å². The lowest BCUT2D eigenvalue weighted by Gasteiger charge is -2.14. The number of Topliss-reactive ketones (excluding diaryl/α,β-unsaturated/α-hetero) is 1. The molecule has 0 amide bonds. The Morgan fingerprint density at radius 1 is 1.15 bits per heavy atom. The van der Waals surface area contributed by atoms with E-state index in [1.54, 1.807) is 18.9 Å². The number of ketones is 1. The fourth-order valence-corrected chi connectivity index (χ4v) is 3.03. The summed E-state index contributed by atoms with van der Waals surface area (Å²) in [6, 6.07) is 17.3. The Balaban J connectivity index is 2.14. The fourth-order valence-electron chi connectivity index (χ4n) is 1.95. The van der Waals surface area contributed by atoms with E-state index in [9.17, 15) is 4.79 Å². The van der Waals surface area contributed by atoms with E-state index in [0.717, 1.165) is 22.6 Å². The Morgan fingerprint density at radius 3 is 2.55 bits per heavy atom. The number of benzene rings is 2. The van der Waals surface area contributed by atoms with Gasteiger partial charge in [-0.3, -0.25) is 4.79 Å². The molecule has 0 saturated carbocycles. The molecule has 0 bridgehead atoms. The third-order valence-electron chi connectivity index (χ3n) is 3.04. The van der Waals surface area contributed by atoms with Gasteiger partial charge >= 0.3 is 0 Å². The van der Waals surface area contributed by atoms with Crippen molar-refractivity contribution in [2.75, 3.05) is 7.11 Å². The first-order chi connectivity index (χ1) is 9.74. The van der Waals surface area contributed by atoms with Gasteiger partial charge in [0.1, 0.15) is 5.75 Å². The average Bonchev–Trinajstić information content (AvgIpc) is 2.53. The van der Waals surface area contributed by atoms with Crippen LogP contribution in [0.5, 0.6) is 5.75 Å². The minimum absolute atomic E-state index is 0.0653. The number of thioether (sulfide) groups is 1. The number of methoxy groups -OCH3 is 1. The van der Waals surface area contributed by atoms with Crippen LogP contribution in [0.4, 0.5) is 0 Å². The quantitative estimate of drug-likeness (QED) is 0.579. The molecule has 0 spiro atoms. The smallest absolute Gasteiger partial charge is 0.176 e. The molecule has 0 heterocycles. The molecule has 0 saturated heterocycles. The second-order valence-electron chi connectivity index (χ2n) is 4.42. The van der Waals surface area contributed by atoms with E-state index in [0.29, 0.717) is 0 Å². The van der Waals surface area contributed by atoms with Crippen molar-refractivity contribution in [2.45, 2.75) is 23.5 Å².